The highest BCUT2D eigenvalue weighted by atomic mass is 16.5. The third-order valence-corrected chi connectivity index (χ3v) is 4.90. The van der Waals surface area contributed by atoms with Crippen LogP contribution < -0.4 is 0 Å². The normalized spacial score (nSPS) is 18.0. The molecule has 1 saturated carbocycles. The van der Waals surface area contributed by atoms with E-state index in [4.69, 9.17) is 4.74 Å². The number of rotatable bonds is 9. The van der Waals surface area contributed by atoms with Gasteiger partial charge in [0.2, 0.25) is 0 Å². The van der Waals surface area contributed by atoms with Crippen LogP contribution in [0.5, 0.6) is 0 Å². The zero-order chi connectivity index (χ0) is 19.1. The monoisotopic (exact) mass is 366 g/mol. The van der Waals surface area contributed by atoms with E-state index in [1.807, 2.05) is 30.0 Å². The molecule has 0 radical (unpaired) electrons. The summed E-state index contributed by atoms with van der Waals surface area (Å²) in [5.41, 5.74) is 1.85. The van der Waals surface area contributed by atoms with Crippen molar-refractivity contribution >= 4 is 11.9 Å². The van der Waals surface area contributed by atoms with Crippen molar-refractivity contribution in [2.24, 2.45) is 11.8 Å². The van der Waals surface area contributed by atoms with E-state index < -0.39 is 0 Å². The van der Waals surface area contributed by atoms with E-state index in [0.29, 0.717) is 25.3 Å². The molecule has 0 spiro atoms. The lowest BCUT2D eigenvalue weighted by atomic mass is 10.1. The summed E-state index contributed by atoms with van der Waals surface area (Å²) in [7, 11) is 0. The number of nitrogens with zero attached hydrogens (tertiary/aromatic N) is 2. The van der Waals surface area contributed by atoms with Gasteiger partial charge in [0.25, 0.3) is 5.91 Å². The maximum Gasteiger partial charge on any atom is 0.309 e. The number of hydrogen-bond donors (Lipinski definition) is 0. The van der Waals surface area contributed by atoms with E-state index in [2.05, 4.69) is 17.1 Å². The van der Waals surface area contributed by atoms with Crippen molar-refractivity contribution in [3.05, 3.63) is 66.0 Å². The van der Waals surface area contributed by atoms with Gasteiger partial charge in [-0.15, -0.1) is 0 Å². The number of esters is 1. The summed E-state index contributed by atoms with van der Waals surface area (Å²) in [6, 6.07) is 13.8. The number of ether oxygens (including phenoxy) is 1. The fourth-order valence-corrected chi connectivity index (χ4v) is 3.34. The number of aromatic nitrogens is 1. The quantitative estimate of drug-likeness (QED) is 0.639. The molecule has 1 fully saturated rings. The molecule has 2 aromatic rings. The SMILES string of the molecule is CCOC(=O)[C@H]1C[C@@H]1CN(CCCc1ccccc1)C(=O)c1cccnc1. The Morgan fingerprint density at radius 2 is 2.00 bits per heavy atom. The lowest BCUT2D eigenvalue weighted by Crippen LogP contribution is -2.34. The minimum Gasteiger partial charge on any atom is -0.466 e. The number of amides is 1. The van der Waals surface area contributed by atoms with Gasteiger partial charge in [-0.1, -0.05) is 30.3 Å². The molecule has 1 heterocycles. The molecule has 3 rings (SSSR count). The highest BCUT2D eigenvalue weighted by Gasteiger charge is 2.45. The molecule has 1 aliphatic rings. The first-order valence-corrected chi connectivity index (χ1v) is 9.59. The van der Waals surface area contributed by atoms with Crippen LogP contribution in [-0.2, 0) is 16.0 Å². The van der Waals surface area contributed by atoms with Crippen molar-refractivity contribution in [1.82, 2.24) is 9.88 Å². The van der Waals surface area contributed by atoms with Crippen molar-refractivity contribution in [3.63, 3.8) is 0 Å². The molecule has 0 unspecified atom stereocenters. The number of carbonyl (C=O) groups is 2. The summed E-state index contributed by atoms with van der Waals surface area (Å²) in [5.74, 6) is -0.0316. The van der Waals surface area contributed by atoms with E-state index in [-0.39, 0.29) is 23.7 Å². The topological polar surface area (TPSA) is 59.5 Å². The summed E-state index contributed by atoms with van der Waals surface area (Å²) in [6.45, 7) is 3.47. The Balaban J connectivity index is 1.60. The van der Waals surface area contributed by atoms with Crippen LogP contribution in [0.4, 0.5) is 0 Å². The predicted molar refractivity (Wildman–Crippen MR) is 103 cm³/mol. The van der Waals surface area contributed by atoms with Crippen LogP contribution in [0.3, 0.4) is 0 Å². The van der Waals surface area contributed by atoms with Gasteiger partial charge in [0, 0.05) is 25.5 Å². The first-order valence-electron chi connectivity index (χ1n) is 9.59. The second kappa shape index (κ2) is 9.31. The van der Waals surface area contributed by atoms with Gasteiger partial charge in [0.15, 0.2) is 0 Å². The number of carbonyl (C=O) groups excluding carboxylic acids is 2. The van der Waals surface area contributed by atoms with Crippen molar-refractivity contribution in [2.75, 3.05) is 19.7 Å². The van der Waals surface area contributed by atoms with Crippen LogP contribution in [-0.4, -0.2) is 41.5 Å². The van der Waals surface area contributed by atoms with Crippen LogP contribution in [0.15, 0.2) is 54.9 Å². The van der Waals surface area contributed by atoms with E-state index in [1.165, 1.54) is 5.56 Å². The standard InChI is InChI=1S/C22H26N2O3/c1-2-27-22(26)20-14-19(20)16-24(21(25)18-11-6-12-23-15-18)13-7-10-17-8-4-3-5-9-17/h3-6,8-9,11-12,15,19-20H,2,7,10,13-14,16H2,1H3/t19-,20+/m1/s1. The first kappa shape index (κ1) is 19.1. The zero-order valence-electron chi connectivity index (χ0n) is 15.7. The van der Waals surface area contributed by atoms with Gasteiger partial charge < -0.3 is 9.64 Å². The molecule has 1 aromatic heterocycles. The second-order valence-corrected chi connectivity index (χ2v) is 6.94. The Bertz CT molecular complexity index is 749. The van der Waals surface area contributed by atoms with Gasteiger partial charge in [0.05, 0.1) is 18.1 Å². The Hall–Kier alpha value is -2.69. The third-order valence-electron chi connectivity index (χ3n) is 4.90. The number of hydrogen-bond acceptors (Lipinski definition) is 4. The van der Waals surface area contributed by atoms with Crippen molar-refractivity contribution in [1.29, 1.82) is 0 Å². The van der Waals surface area contributed by atoms with Gasteiger partial charge in [0.1, 0.15) is 0 Å². The van der Waals surface area contributed by atoms with Crippen LogP contribution in [0.25, 0.3) is 0 Å². The van der Waals surface area contributed by atoms with Crippen LogP contribution in [0.2, 0.25) is 0 Å². The van der Waals surface area contributed by atoms with Gasteiger partial charge in [-0.2, -0.15) is 0 Å². The Labute approximate surface area is 160 Å². The molecule has 1 amide bonds. The maximum atomic E-state index is 12.9. The lowest BCUT2D eigenvalue weighted by molar-refractivity contribution is -0.145. The van der Waals surface area contributed by atoms with Crippen LogP contribution in [0, 0.1) is 11.8 Å². The minimum absolute atomic E-state index is 0.0225. The smallest absolute Gasteiger partial charge is 0.309 e. The second-order valence-electron chi connectivity index (χ2n) is 6.94. The molecule has 2 atom stereocenters. The number of aryl methyl sites for hydroxylation is 1. The van der Waals surface area contributed by atoms with Gasteiger partial charge in [-0.25, -0.2) is 0 Å². The summed E-state index contributed by atoms with van der Waals surface area (Å²) in [4.78, 5) is 30.7. The van der Waals surface area contributed by atoms with E-state index >= 15 is 0 Å². The van der Waals surface area contributed by atoms with Crippen molar-refractivity contribution in [3.8, 4) is 0 Å². The number of pyridine rings is 1. The molecule has 142 valence electrons. The Morgan fingerprint density at radius 1 is 1.19 bits per heavy atom. The molecule has 0 bridgehead atoms. The Kier molecular flexibility index (Phi) is 6.58. The van der Waals surface area contributed by atoms with Crippen molar-refractivity contribution in [2.45, 2.75) is 26.2 Å². The fraction of sp³-hybridized carbons (Fsp3) is 0.409. The summed E-state index contributed by atoms with van der Waals surface area (Å²) in [5, 5.41) is 0. The zero-order valence-corrected chi connectivity index (χ0v) is 15.7. The molecule has 27 heavy (non-hydrogen) atoms. The highest BCUT2D eigenvalue weighted by Crippen LogP contribution is 2.40. The lowest BCUT2D eigenvalue weighted by Gasteiger charge is -2.23. The third kappa shape index (κ3) is 5.39. The fourth-order valence-electron chi connectivity index (χ4n) is 3.34. The van der Waals surface area contributed by atoms with Crippen molar-refractivity contribution < 1.29 is 14.3 Å². The molecular formula is C22H26N2O3. The van der Waals surface area contributed by atoms with Gasteiger partial charge in [-0.3, -0.25) is 14.6 Å². The summed E-state index contributed by atoms with van der Waals surface area (Å²) >= 11 is 0. The van der Waals surface area contributed by atoms with E-state index in [1.54, 1.807) is 24.5 Å². The molecule has 5 heteroatoms. The average Bonchev–Trinajstić information content (AvgIpc) is 3.48. The largest absolute Gasteiger partial charge is 0.466 e. The summed E-state index contributed by atoms with van der Waals surface area (Å²) in [6.07, 6.45) is 5.86. The average molecular weight is 366 g/mol. The van der Waals surface area contributed by atoms with E-state index in [9.17, 15) is 9.59 Å². The molecule has 1 aliphatic carbocycles. The maximum absolute atomic E-state index is 12.9. The highest BCUT2D eigenvalue weighted by molar-refractivity contribution is 5.94. The molecular weight excluding hydrogens is 340 g/mol. The number of benzene rings is 1. The summed E-state index contributed by atoms with van der Waals surface area (Å²) < 4.78 is 5.11. The Morgan fingerprint density at radius 3 is 2.70 bits per heavy atom. The van der Waals surface area contributed by atoms with Crippen LogP contribution >= 0.6 is 0 Å². The first-order chi connectivity index (χ1) is 13.2. The molecule has 0 aliphatic heterocycles. The van der Waals surface area contributed by atoms with Crippen LogP contribution in [0.1, 0.15) is 35.7 Å². The van der Waals surface area contributed by atoms with E-state index in [0.717, 1.165) is 19.3 Å². The molecule has 0 N–H and O–H groups in total. The molecule has 5 nitrogen and oxygen atoms in total. The molecule has 1 aromatic carbocycles. The van der Waals surface area contributed by atoms with Gasteiger partial charge in [-0.05, 0) is 49.8 Å². The van der Waals surface area contributed by atoms with Gasteiger partial charge >= 0.3 is 5.97 Å². The predicted octanol–water partition coefficient (Wildman–Crippen LogP) is 3.36. The minimum atomic E-state index is -0.138. The molecule has 0 saturated heterocycles.